The Morgan fingerprint density at radius 1 is 1.29 bits per heavy atom. The van der Waals surface area contributed by atoms with E-state index in [1.54, 1.807) is 0 Å². The Hall–Kier alpha value is -0.130. The van der Waals surface area contributed by atoms with Crippen molar-refractivity contribution >= 4 is 9.84 Å². The zero-order valence-electron chi connectivity index (χ0n) is 8.52. The topological polar surface area (TPSA) is 63.4 Å². The second-order valence-electron chi connectivity index (χ2n) is 4.61. The average Bonchev–Trinajstić information content (AvgIpc) is 2.39. The van der Waals surface area contributed by atoms with Crippen LogP contribution in [0, 0.1) is 0 Å². The van der Waals surface area contributed by atoms with Crippen LogP contribution in [0.2, 0.25) is 0 Å². The highest BCUT2D eigenvalue weighted by atomic mass is 32.2. The van der Waals surface area contributed by atoms with E-state index in [1.807, 2.05) is 7.05 Å². The molecule has 1 heterocycles. The molecule has 4 nitrogen and oxygen atoms in total. The van der Waals surface area contributed by atoms with Crippen molar-refractivity contribution in [2.45, 2.75) is 37.4 Å². The van der Waals surface area contributed by atoms with Gasteiger partial charge in [0, 0.05) is 18.1 Å². The lowest BCUT2D eigenvalue weighted by Gasteiger charge is -2.42. The predicted molar refractivity (Wildman–Crippen MR) is 55.8 cm³/mol. The Balaban J connectivity index is 1.91. The summed E-state index contributed by atoms with van der Waals surface area (Å²) in [7, 11) is -0.715. The summed E-state index contributed by atoms with van der Waals surface area (Å²) in [5.41, 5.74) is 5.71. The van der Waals surface area contributed by atoms with Crippen molar-refractivity contribution in [1.82, 2.24) is 4.90 Å². The van der Waals surface area contributed by atoms with Gasteiger partial charge in [0.1, 0.15) is 0 Å². The van der Waals surface area contributed by atoms with E-state index >= 15 is 0 Å². The number of nitrogens with zero attached hydrogens (tertiary/aromatic N) is 1. The molecule has 5 heteroatoms. The van der Waals surface area contributed by atoms with E-state index in [0.29, 0.717) is 23.6 Å². The zero-order valence-corrected chi connectivity index (χ0v) is 9.33. The van der Waals surface area contributed by atoms with Crippen molar-refractivity contribution in [3.05, 3.63) is 0 Å². The molecule has 0 spiro atoms. The largest absolute Gasteiger partial charge is 0.328 e. The van der Waals surface area contributed by atoms with Gasteiger partial charge in [-0.25, -0.2) is 8.42 Å². The lowest BCUT2D eigenvalue weighted by atomic mass is 9.86. The second-order valence-corrected chi connectivity index (χ2v) is 6.84. The van der Waals surface area contributed by atoms with Crippen LogP contribution in [0.4, 0.5) is 0 Å². The molecule has 1 aliphatic carbocycles. The number of rotatable bonds is 2. The van der Waals surface area contributed by atoms with E-state index in [0.717, 1.165) is 19.3 Å². The third-order valence-corrected chi connectivity index (χ3v) is 5.26. The molecule has 1 atom stereocenters. The lowest BCUT2D eigenvalue weighted by molar-refractivity contribution is 0.105. The fourth-order valence-corrected chi connectivity index (χ4v) is 4.14. The molecule has 0 aromatic carbocycles. The Kier molecular flexibility index (Phi) is 2.57. The molecular weight excluding hydrogens is 200 g/mol. The molecular formula is C9H18N2O2S. The van der Waals surface area contributed by atoms with Crippen LogP contribution in [0.1, 0.15) is 19.3 Å². The van der Waals surface area contributed by atoms with Gasteiger partial charge >= 0.3 is 0 Å². The minimum absolute atomic E-state index is 0.234. The first kappa shape index (κ1) is 10.4. The Labute approximate surface area is 85.4 Å². The Morgan fingerprint density at radius 3 is 2.36 bits per heavy atom. The van der Waals surface area contributed by atoms with Gasteiger partial charge in [-0.3, -0.25) is 4.90 Å². The first-order valence-electron chi connectivity index (χ1n) is 5.16. The fraction of sp³-hybridized carbons (Fsp3) is 1.00. The van der Waals surface area contributed by atoms with Crippen LogP contribution in [-0.2, 0) is 9.84 Å². The van der Waals surface area contributed by atoms with Crippen LogP contribution in [0.5, 0.6) is 0 Å². The van der Waals surface area contributed by atoms with Crippen LogP contribution in [0.3, 0.4) is 0 Å². The second kappa shape index (κ2) is 3.47. The van der Waals surface area contributed by atoms with Gasteiger partial charge in [0.2, 0.25) is 0 Å². The molecule has 14 heavy (non-hydrogen) atoms. The SMILES string of the molecule is CN(C1CC(N)C1)C1CCS(=O)(=O)C1. The quantitative estimate of drug-likeness (QED) is 0.685. The average molecular weight is 218 g/mol. The summed E-state index contributed by atoms with van der Waals surface area (Å²) in [6, 6.07) is 1.08. The number of hydrogen-bond donors (Lipinski definition) is 1. The summed E-state index contributed by atoms with van der Waals surface area (Å²) >= 11 is 0. The summed E-state index contributed by atoms with van der Waals surface area (Å²) in [4.78, 5) is 2.22. The minimum Gasteiger partial charge on any atom is -0.328 e. The van der Waals surface area contributed by atoms with Gasteiger partial charge in [-0.1, -0.05) is 0 Å². The highest BCUT2D eigenvalue weighted by Crippen LogP contribution is 2.27. The van der Waals surface area contributed by atoms with Gasteiger partial charge in [0.25, 0.3) is 0 Å². The smallest absolute Gasteiger partial charge is 0.151 e. The third-order valence-electron chi connectivity index (χ3n) is 3.51. The van der Waals surface area contributed by atoms with Crippen LogP contribution < -0.4 is 5.73 Å². The molecule has 2 aliphatic rings. The highest BCUT2D eigenvalue weighted by Gasteiger charge is 2.37. The van der Waals surface area contributed by atoms with E-state index in [-0.39, 0.29) is 6.04 Å². The van der Waals surface area contributed by atoms with Crippen LogP contribution >= 0.6 is 0 Å². The molecule has 0 amide bonds. The molecule has 2 N–H and O–H groups in total. The van der Waals surface area contributed by atoms with E-state index in [9.17, 15) is 8.42 Å². The first-order valence-corrected chi connectivity index (χ1v) is 6.98. The maximum atomic E-state index is 11.3. The van der Waals surface area contributed by atoms with Gasteiger partial charge in [0.05, 0.1) is 11.5 Å². The molecule has 0 radical (unpaired) electrons. The lowest BCUT2D eigenvalue weighted by Crippen LogP contribution is -2.52. The summed E-state index contributed by atoms with van der Waals surface area (Å²) in [5.74, 6) is 0.704. The van der Waals surface area contributed by atoms with Gasteiger partial charge in [-0.15, -0.1) is 0 Å². The molecule has 0 aromatic rings. The molecule has 2 fully saturated rings. The third kappa shape index (κ3) is 1.94. The van der Waals surface area contributed by atoms with Gasteiger partial charge in [0.15, 0.2) is 9.84 Å². The number of hydrogen-bond acceptors (Lipinski definition) is 4. The van der Waals surface area contributed by atoms with Crippen molar-refractivity contribution < 1.29 is 8.42 Å². The van der Waals surface area contributed by atoms with Crippen LogP contribution in [0.15, 0.2) is 0 Å². The Morgan fingerprint density at radius 2 is 1.93 bits per heavy atom. The Bertz CT molecular complexity index is 309. The summed E-state index contributed by atoms with van der Waals surface area (Å²) < 4.78 is 22.6. The van der Waals surface area contributed by atoms with Gasteiger partial charge in [-0.05, 0) is 26.3 Å². The standard InChI is InChI=1S/C9H18N2O2S/c1-11(9-4-7(10)5-9)8-2-3-14(12,13)6-8/h7-9H,2-6,10H2,1H3. The first-order chi connectivity index (χ1) is 6.48. The van der Waals surface area contributed by atoms with E-state index < -0.39 is 9.84 Å². The summed E-state index contributed by atoms with van der Waals surface area (Å²) in [5, 5.41) is 0. The van der Waals surface area contributed by atoms with Crippen molar-refractivity contribution in [1.29, 1.82) is 0 Å². The molecule has 1 saturated heterocycles. The van der Waals surface area contributed by atoms with Crippen LogP contribution in [0.25, 0.3) is 0 Å². The highest BCUT2D eigenvalue weighted by molar-refractivity contribution is 7.91. The van der Waals surface area contributed by atoms with Crippen molar-refractivity contribution in [3.63, 3.8) is 0 Å². The minimum atomic E-state index is -2.74. The van der Waals surface area contributed by atoms with E-state index in [2.05, 4.69) is 4.90 Å². The van der Waals surface area contributed by atoms with Crippen LogP contribution in [-0.4, -0.2) is 50.0 Å². The molecule has 2 rings (SSSR count). The summed E-state index contributed by atoms with van der Waals surface area (Å²) in [6.45, 7) is 0. The van der Waals surface area contributed by atoms with Crippen molar-refractivity contribution in [3.8, 4) is 0 Å². The molecule has 82 valence electrons. The molecule has 0 aromatic heterocycles. The molecule has 0 bridgehead atoms. The number of nitrogens with two attached hydrogens (primary N) is 1. The monoisotopic (exact) mass is 218 g/mol. The van der Waals surface area contributed by atoms with E-state index in [1.165, 1.54) is 0 Å². The van der Waals surface area contributed by atoms with E-state index in [4.69, 9.17) is 5.73 Å². The predicted octanol–water partition coefficient (Wildman–Crippen LogP) is -0.405. The maximum Gasteiger partial charge on any atom is 0.151 e. The van der Waals surface area contributed by atoms with Gasteiger partial charge < -0.3 is 5.73 Å². The fourth-order valence-electron chi connectivity index (χ4n) is 2.36. The van der Waals surface area contributed by atoms with Gasteiger partial charge in [-0.2, -0.15) is 0 Å². The summed E-state index contributed by atoms with van der Waals surface area (Å²) in [6.07, 6.45) is 2.84. The number of sulfone groups is 1. The maximum absolute atomic E-state index is 11.3. The normalized spacial score (nSPS) is 41.2. The zero-order chi connectivity index (χ0) is 10.3. The van der Waals surface area contributed by atoms with Crippen molar-refractivity contribution in [2.24, 2.45) is 5.73 Å². The molecule has 1 saturated carbocycles. The van der Waals surface area contributed by atoms with Crippen molar-refractivity contribution in [2.75, 3.05) is 18.6 Å². The molecule has 1 unspecified atom stereocenters. The molecule has 1 aliphatic heterocycles.